The van der Waals surface area contributed by atoms with Crippen LogP contribution in [-0.2, 0) is 24.2 Å². The van der Waals surface area contributed by atoms with Crippen molar-refractivity contribution in [2.75, 3.05) is 26.0 Å². The molecule has 1 fully saturated rings. The molecule has 3 aliphatic rings. The number of benzene rings is 2. The van der Waals surface area contributed by atoms with Crippen molar-refractivity contribution in [1.29, 1.82) is 0 Å². The molecule has 2 aromatic carbocycles. The number of rotatable bonds is 4. The second kappa shape index (κ2) is 8.76. The van der Waals surface area contributed by atoms with E-state index in [1.165, 1.54) is 20.9 Å². The predicted octanol–water partition coefficient (Wildman–Crippen LogP) is 3.20. The van der Waals surface area contributed by atoms with Crippen LogP contribution in [0.3, 0.4) is 0 Å². The van der Waals surface area contributed by atoms with E-state index in [2.05, 4.69) is 22.4 Å². The van der Waals surface area contributed by atoms with Crippen LogP contribution in [0.25, 0.3) is 0 Å². The fraction of sp³-hybridized carbons (Fsp3) is 0.375. The zero-order valence-corrected chi connectivity index (χ0v) is 20.3. The van der Waals surface area contributed by atoms with Gasteiger partial charge in [0.05, 0.1) is 16.6 Å². The van der Waals surface area contributed by atoms with Crippen LogP contribution in [-0.4, -0.2) is 70.6 Å². The van der Waals surface area contributed by atoms with Crippen molar-refractivity contribution in [3.8, 4) is 0 Å². The average molecular weight is 502 g/mol. The molecule has 10 heteroatoms. The molecule has 8 nitrogen and oxygen atoms in total. The van der Waals surface area contributed by atoms with E-state index >= 15 is 0 Å². The largest absolute Gasteiger partial charge is 0.396 e. The van der Waals surface area contributed by atoms with Gasteiger partial charge in [0.15, 0.2) is 12.2 Å². The number of guanidine groups is 1. The summed E-state index contributed by atoms with van der Waals surface area (Å²) in [5.74, 6) is 0.469. The Morgan fingerprint density at radius 1 is 1.03 bits per heavy atom. The van der Waals surface area contributed by atoms with E-state index in [1.807, 2.05) is 6.07 Å². The number of imide groups is 1. The van der Waals surface area contributed by atoms with E-state index in [4.69, 9.17) is 23.2 Å². The minimum atomic E-state index is -0.638. The monoisotopic (exact) mass is 501 g/mol. The molecule has 1 saturated heterocycles. The summed E-state index contributed by atoms with van der Waals surface area (Å²) in [5.41, 5.74) is 4.02. The molecule has 2 N–H and O–H groups in total. The Morgan fingerprint density at radius 2 is 1.79 bits per heavy atom. The van der Waals surface area contributed by atoms with Crippen molar-refractivity contribution in [2.24, 2.45) is 10.9 Å². The van der Waals surface area contributed by atoms with Gasteiger partial charge in [0.2, 0.25) is 5.96 Å². The highest BCUT2D eigenvalue weighted by molar-refractivity contribution is 6.42. The summed E-state index contributed by atoms with van der Waals surface area (Å²) in [6.07, 6.45) is 1.10. The number of nitrogens with one attached hydrogen (secondary N) is 1. The van der Waals surface area contributed by atoms with Gasteiger partial charge in [-0.3, -0.25) is 9.69 Å². The van der Waals surface area contributed by atoms with Gasteiger partial charge in [-0.05, 0) is 59.7 Å². The molecule has 2 heterocycles. The van der Waals surface area contributed by atoms with Gasteiger partial charge in [0.1, 0.15) is 0 Å². The van der Waals surface area contributed by atoms with Crippen molar-refractivity contribution in [1.82, 2.24) is 14.7 Å². The van der Waals surface area contributed by atoms with Gasteiger partial charge >= 0.3 is 6.03 Å². The number of aliphatic imine (C=N–C) groups is 1. The molecule has 5 rings (SSSR count). The number of carbonyl (C=O) groups is 2. The highest BCUT2D eigenvalue weighted by Crippen LogP contribution is 2.32. The fourth-order valence-electron chi connectivity index (χ4n) is 4.90. The lowest BCUT2D eigenvalue weighted by molar-refractivity contribution is -0.137. The van der Waals surface area contributed by atoms with Gasteiger partial charge in [-0.2, -0.15) is 0 Å². The summed E-state index contributed by atoms with van der Waals surface area (Å²) in [5, 5.41) is 13.6. The third kappa shape index (κ3) is 3.89. The Labute approximate surface area is 207 Å². The summed E-state index contributed by atoms with van der Waals surface area (Å²) >= 11 is 12.1. The fourth-order valence-corrected chi connectivity index (χ4v) is 5.22. The van der Waals surface area contributed by atoms with Crippen molar-refractivity contribution in [2.45, 2.75) is 31.6 Å². The van der Waals surface area contributed by atoms with Crippen LogP contribution >= 0.6 is 23.2 Å². The number of likely N-dealkylation sites (N-methyl/N-ethyl adjacent to an activating group) is 2. The molecule has 2 aliphatic heterocycles. The summed E-state index contributed by atoms with van der Waals surface area (Å²) in [4.78, 5) is 35.6. The molecular weight excluding hydrogens is 477 g/mol. The van der Waals surface area contributed by atoms with Crippen molar-refractivity contribution < 1.29 is 14.7 Å². The molecule has 0 saturated carbocycles. The molecular formula is C24H25Cl2N5O3. The topological polar surface area (TPSA) is 88.5 Å². The molecule has 2 aromatic rings. The highest BCUT2D eigenvalue weighted by Gasteiger charge is 2.51. The number of fused-ring (bicyclic) bond motifs is 2. The Balaban J connectivity index is 1.35. The highest BCUT2D eigenvalue weighted by atomic mass is 35.5. The maximum Gasteiger partial charge on any atom is 0.328 e. The van der Waals surface area contributed by atoms with Crippen LogP contribution in [0.2, 0.25) is 10.0 Å². The maximum atomic E-state index is 13.4. The summed E-state index contributed by atoms with van der Waals surface area (Å²) in [7, 11) is 3.45. The molecule has 0 radical (unpaired) electrons. The minimum Gasteiger partial charge on any atom is -0.396 e. The Morgan fingerprint density at radius 3 is 2.53 bits per heavy atom. The molecule has 3 unspecified atom stereocenters. The number of aliphatic hydroxyl groups is 1. The van der Waals surface area contributed by atoms with Gasteiger partial charge in [0, 0.05) is 26.4 Å². The number of aliphatic hydroxyl groups excluding tert-OH is 1. The van der Waals surface area contributed by atoms with Gasteiger partial charge < -0.3 is 20.2 Å². The van der Waals surface area contributed by atoms with E-state index < -0.39 is 18.2 Å². The first-order chi connectivity index (χ1) is 16.3. The number of urea groups is 1. The SMILES string of the molecule is CN1C(=O)N(Cc2ccc(Cl)c(Cl)c2)C(=O)C2C1N=C(Nc1ccc3c(c1)CC(CO)C3)N2C. The molecule has 0 aromatic heterocycles. The van der Waals surface area contributed by atoms with E-state index in [0.29, 0.717) is 21.6 Å². The maximum absolute atomic E-state index is 13.4. The molecule has 1 aliphatic carbocycles. The summed E-state index contributed by atoms with van der Waals surface area (Å²) in [6, 6.07) is 10.1. The van der Waals surface area contributed by atoms with Crippen LogP contribution < -0.4 is 5.32 Å². The standard InChI is InChI=1S/C24H25Cl2N5O3/c1-29-20-21(28-23(29)27-17-5-4-15-7-14(12-32)8-16(15)10-17)30(2)24(34)31(22(20)33)11-13-3-6-18(25)19(26)9-13/h3-6,9-10,14,20-21,32H,7-8,11-12H2,1-2H3,(H,27,28). The quantitative estimate of drug-likeness (QED) is 0.671. The number of carbonyl (C=O) groups excluding carboxylic acids is 2. The van der Waals surface area contributed by atoms with E-state index in [0.717, 1.165) is 18.5 Å². The third-order valence-corrected chi connectivity index (χ3v) is 7.54. The normalized spacial score (nSPS) is 23.9. The molecule has 0 bridgehead atoms. The first-order valence-electron chi connectivity index (χ1n) is 11.1. The third-order valence-electron chi connectivity index (χ3n) is 6.80. The van der Waals surface area contributed by atoms with Crippen LogP contribution in [0.1, 0.15) is 16.7 Å². The molecule has 0 spiro atoms. The predicted molar refractivity (Wildman–Crippen MR) is 131 cm³/mol. The number of anilines is 1. The first-order valence-corrected chi connectivity index (χ1v) is 11.8. The minimum absolute atomic E-state index is 0.0928. The van der Waals surface area contributed by atoms with Crippen molar-refractivity contribution >= 4 is 46.8 Å². The first kappa shape index (κ1) is 23.0. The number of halogens is 2. The summed E-state index contributed by atoms with van der Waals surface area (Å²) in [6.45, 7) is 0.271. The van der Waals surface area contributed by atoms with E-state index in [1.54, 1.807) is 37.2 Å². The second-order valence-electron chi connectivity index (χ2n) is 9.05. The molecule has 34 heavy (non-hydrogen) atoms. The lowest BCUT2D eigenvalue weighted by atomic mass is 10.1. The smallest absolute Gasteiger partial charge is 0.328 e. The molecule has 3 amide bonds. The number of amides is 3. The van der Waals surface area contributed by atoms with Gasteiger partial charge in [0.25, 0.3) is 5.91 Å². The second-order valence-corrected chi connectivity index (χ2v) is 9.87. The van der Waals surface area contributed by atoms with Gasteiger partial charge in [-0.25, -0.2) is 9.79 Å². The molecule has 3 atom stereocenters. The Bertz CT molecular complexity index is 1200. The van der Waals surface area contributed by atoms with E-state index in [9.17, 15) is 14.7 Å². The number of hydrogen-bond donors (Lipinski definition) is 2. The lowest BCUT2D eigenvalue weighted by Crippen LogP contribution is -2.64. The van der Waals surface area contributed by atoms with E-state index in [-0.39, 0.29) is 25.0 Å². The van der Waals surface area contributed by atoms with Crippen LogP contribution in [0.15, 0.2) is 41.4 Å². The molecule has 178 valence electrons. The van der Waals surface area contributed by atoms with Crippen molar-refractivity contribution in [3.05, 3.63) is 63.1 Å². The van der Waals surface area contributed by atoms with Crippen LogP contribution in [0.4, 0.5) is 10.5 Å². The average Bonchev–Trinajstić information content (AvgIpc) is 3.38. The zero-order valence-electron chi connectivity index (χ0n) is 18.8. The van der Waals surface area contributed by atoms with Crippen LogP contribution in [0.5, 0.6) is 0 Å². The van der Waals surface area contributed by atoms with Crippen LogP contribution in [0, 0.1) is 5.92 Å². The van der Waals surface area contributed by atoms with Crippen molar-refractivity contribution in [3.63, 3.8) is 0 Å². The van der Waals surface area contributed by atoms with Gasteiger partial charge in [-0.1, -0.05) is 35.3 Å². The summed E-state index contributed by atoms with van der Waals surface area (Å²) < 4.78 is 0. The Kier molecular flexibility index (Phi) is 5.91. The van der Waals surface area contributed by atoms with Gasteiger partial charge in [-0.15, -0.1) is 0 Å². The number of hydrogen-bond acceptors (Lipinski definition) is 6. The lowest BCUT2D eigenvalue weighted by Gasteiger charge is -2.40. The Hall–Kier alpha value is -2.81. The zero-order chi connectivity index (χ0) is 24.1. The number of nitrogens with zero attached hydrogens (tertiary/aromatic N) is 4.